The van der Waals surface area contributed by atoms with Crippen molar-refractivity contribution in [3.8, 4) is 0 Å². The van der Waals surface area contributed by atoms with Crippen LogP contribution in [0.2, 0.25) is 0 Å². The van der Waals surface area contributed by atoms with Gasteiger partial charge >= 0.3 is 5.97 Å². The number of benzene rings is 1. The molecule has 16 heavy (non-hydrogen) atoms. The van der Waals surface area contributed by atoms with E-state index < -0.39 is 5.97 Å². The van der Waals surface area contributed by atoms with Crippen LogP contribution in [-0.4, -0.2) is 27.4 Å². The molecule has 0 radical (unpaired) electrons. The van der Waals surface area contributed by atoms with E-state index in [4.69, 9.17) is 10.8 Å². The van der Waals surface area contributed by atoms with Crippen LogP contribution in [0.15, 0.2) is 29.3 Å². The Hall–Kier alpha value is -0.760. The molecule has 0 aliphatic heterocycles. The van der Waals surface area contributed by atoms with Crippen LogP contribution in [0.1, 0.15) is 10.4 Å². The van der Waals surface area contributed by atoms with Gasteiger partial charge in [0.2, 0.25) is 0 Å². The van der Waals surface area contributed by atoms with Crippen LogP contribution < -0.4 is 5.73 Å². The molecule has 0 aromatic heterocycles. The third kappa shape index (κ3) is 5.36. The van der Waals surface area contributed by atoms with Gasteiger partial charge in [-0.3, -0.25) is 0 Å². The number of thioether (sulfide) groups is 1. The molecule has 0 aliphatic rings. The normalized spacial score (nSPS) is 10.3. The minimum atomic E-state index is -0.968. The first kappa shape index (κ1) is 15.2. The fraction of sp³-hybridized carbons (Fsp3) is 0.200. The van der Waals surface area contributed by atoms with E-state index in [0.717, 1.165) is 0 Å². The highest BCUT2D eigenvalue weighted by Crippen LogP contribution is 2.15. The Morgan fingerprint density at radius 1 is 1.50 bits per heavy atom. The molecule has 0 spiro atoms. The summed E-state index contributed by atoms with van der Waals surface area (Å²) in [5.41, 5.74) is 6.26. The van der Waals surface area contributed by atoms with Crippen molar-refractivity contribution in [2.75, 3.05) is 11.2 Å². The molecule has 0 unspecified atom stereocenters. The summed E-state index contributed by atoms with van der Waals surface area (Å²) >= 11 is 3.46. The zero-order chi connectivity index (χ0) is 12.6. The number of hydrogen-bond donors (Lipinski definition) is 2. The van der Waals surface area contributed by atoms with Gasteiger partial charge in [0.25, 0.3) is 0 Å². The Balaban J connectivity index is 0.00000106. The van der Waals surface area contributed by atoms with Gasteiger partial charge in [-0.2, -0.15) is 0 Å². The van der Waals surface area contributed by atoms with Crippen LogP contribution in [0.4, 0.5) is 5.69 Å². The molecule has 0 atom stereocenters. The summed E-state index contributed by atoms with van der Waals surface area (Å²) in [6.07, 6.45) is 1.81. The summed E-state index contributed by atoms with van der Waals surface area (Å²) in [5, 5.41) is 9.13. The van der Waals surface area contributed by atoms with E-state index in [0.29, 0.717) is 10.9 Å². The van der Waals surface area contributed by atoms with Gasteiger partial charge in [0.1, 0.15) is 0 Å². The second-order valence-electron chi connectivity index (χ2n) is 2.51. The van der Waals surface area contributed by atoms with Gasteiger partial charge in [-0.25, -0.2) is 9.79 Å². The molecule has 6 heteroatoms. The molecular weight excluding hydrogens is 339 g/mol. The maximum absolute atomic E-state index is 10.6. The average molecular weight is 352 g/mol. The first-order valence-corrected chi connectivity index (χ1v) is 7.61. The van der Waals surface area contributed by atoms with E-state index in [9.17, 15) is 4.79 Å². The number of nitrogens with two attached hydrogens (primary N) is 1. The van der Waals surface area contributed by atoms with Crippen molar-refractivity contribution in [3.05, 3.63) is 29.8 Å². The molecule has 1 aromatic rings. The molecule has 1 rings (SSSR count). The molecule has 4 nitrogen and oxygen atoms in total. The van der Waals surface area contributed by atoms with Crippen molar-refractivity contribution < 1.29 is 9.90 Å². The van der Waals surface area contributed by atoms with E-state index in [1.165, 1.54) is 23.9 Å². The molecule has 0 saturated carbocycles. The van der Waals surface area contributed by atoms with E-state index in [2.05, 4.69) is 27.6 Å². The van der Waals surface area contributed by atoms with Crippen molar-refractivity contribution in [1.82, 2.24) is 0 Å². The van der Waals surface area contributed by atoms with Crippen LogP contribution in [0.5, 0.6) is 0 Å². The lowest BCUT2D eigenvalue weighted by atomic mass is 10.2. The highest BCUT2D eigenvalue weighted by atomic mass is 127. The van der Waals surface area contributed by atoms with Crippen molar-refractivity contribution >= 4 is 51.2 Å². The molecule has 0 fully saturated rings. The molecule has 0 aliphatic carbocycles. The fourth-order valence-corrected chi connectivity index (χ4v) is 1.08. The summed E-state index contributed by atoms with van der Waals surface area (Å²) in [4.78, 5) is 16.6. The number of aromatic carboxylic acids is 1. The first-order chi connectivity index (χ1) is 7.63. The summed E-state index contributed by atoms with van der Waals surface area (Å²) in [6.45, 7) is 0. The van der Waals surface area contributed by atoms with Crippen molar-refractivity contribution in [2.24, 2.45) is 10.7 Å². The van der Waals surface area contributed by atoms with Gasteiger partial charge in [-0.05, 0) is 29.4 Å². The van der Waals surface area contributed by atoms with E-state index >= 15 is 0 Å². The summed E-state index contributed by atoms with van der Waals surface area (Å²) in [7, 11) is 0. The van der Waals surface area contributed by atoms with Gasteiger partial charge in [0.05, 0.1) is 11.3 Å². The number of rotatable bonds is 2. The Kier molecular flexibility index (Phi) is 8.00. The standard InChI is InChI=1S/C9H10N2O2S.CH3I/c1-14-9(10)11-7-4-2-3-6(5-7)8(12)13;1-2/h2-5H,1H3,(H2,10,11)(H,12,13);1H3. The van der Waals surface area contributed by atoms with E-state index in [1.54, 1.807) is 18.4 Å². The van der Waals surface area contributed by atoms with Crippen LogP contribution in [0.25, 0.3) is 0 Å². The number of halogens is 1. The largest absolute Gasteiger partial charge is 0.478 e. The van der Waals surface area contributed by atoms with Gasteiger partial charge < -0.3 is 10.8 Å². The van der Waals surface area contributed by atoms with Crippen LogP contribution in [0, 0.1) is 0 Å². The lowest BCUT2D eigenvalue weighted by molar-refractivity contribution is 0.0697. The van der Waals surface area contributed by atoms with Gasteiger partial charge in [0, 0.05) is 0 Å². The lowest BCUT2D eigenvalue weighted by Gasteiger charge is -1.98. The lowest BCUT2D eigenvalue weighted by Crippen LogP contribution is -2.04. The zero-order valence-corrected chi connectivity index (χ0v) is 11.9. The predicted molar refractivity (Wildman–Crippen MR) is 78.1 cm³/mol. The molecule has 0 heterocycles. The number of nitrogens with zero attached hydrogens (tertiary/aromatic N) is 1. The topological polar surface area (TPSA) is 75.7 Å². The number of aliphatic imine (C=N–C) groups is 1. The van der Waals surface area contributed by atoms with Gasteiger partial charge in [-0.15, -0.1) is 0 Å². The van der Waals surface area contributed by atoms with E-state index in [-0.39, 0.29) is 5.56 Å². The first-order valence-electron chi connectivity index (χ1n) is 4.23. The fourth-order valence-electron chi connectivity index (χ4n) is 0.881. The number of carbonyl (C=O) groups is 1. The molecule has 88 valence electrons. The number of alkyl halides is 1. The highest BCUT2D eigenvalue weighted by molar-refractivity contribution is 14.1. The quantitative estimate of drug-likeness (QED) is 0.371. The number of hydrogen-bond acceptors (Lipinski definition) is 3. The van der Waals surface area contributed by atoms with Crippen LogP contribution >= 0.6 is 34.4 Å². The van der Waals surface area contributed by atoms with Gasteiger partial charge in [0.15, 0.2) is 5.17 Å². The maximum atomic E-state index is 10.6. The predicted octanol–water partition coefficient (Wildman–Crippen LogP) is 2.75. The SMILES string of the molecule is CI.CSC(N)=Nc1cccc(C(=O)O)c1. The third-order valence-electron chi connectivity index (χ3n) is 1.54. The maximum Gasteiger partial charge on any atom is 0.335 e. The molecular formula is C10H13IN2O2S. The van der Waals surface area contributed by atoms with Crippen LogP contribution in [-0.2, 0) is 0 Å². The molecule has 0 bridgehead atoms. The number of carboxylic acid groups (broad SMARTS) is 1. The Morgan fingerprint density at radius 3 is 2.62 bits per heavy atom. The Bertz CT molecular complexity index is 383. The summed E-state index contributed by atoms with van der Waals surface area (Å²) in [5.74, 6) is -0.968. The smallest absolute Gasteiger partial charge is 0.335 e. The van der Waals surface area contributed by atoms with Crippen LogP contribution in [0.3, 0.4) is 0 Å². The van der Waals surface area contributed by atoms with E-state index in [1.807, 2.05) is 4.93 Å². The minimum absolute atomic E-state index is 0.208. The second-order valence-corrected chi connectivity index (χ2v) is 3.34. The third-order valence-corrected chi connectivity index (χ3v) is 2.05. The number of carboxylic acids is 1. The molecule has 3 N–H and O–H groups in total. The minimum Gasteiger partial charge on any atom is -0.478 e. The van der Waals surface area contributed by atoms with Crippen molar-refractivity contribution in [3.63, 3.8) is 0 Å². The van der Waals surface area contributed by atoms with Crippen molar-refractivity contribution in [1.29, 1.82) is 0 Å². The Labute approximate surface area is 112 Å². The van der Waals surface area contributed by atoms with Crippen molar-refractivity contribution in [2.45, 2.75) is 0 Å². The molecule has 0 amide bonds. The average Bonchev–Trinajstić information content (AvgIpc) is 2.32. The zero-order valence-electron chi connectivity index (χ0n) is 8.98. The molecule has 1 aromatic carbocycles. The Morgan fingerprint density at radius 2 is 2.12 bits per heavy atom. The molecule has 0 saturated heterocycles. The number of amidine groups is 1. The summed E-state index contributed by atoms with van der Waals surface area (Å²) in [6, 6.07) is 6.33. The summed E-state index contributed by atoms with van der Waals surface area (Å²) < 4.78 is 0. The highest BCUT2D eigenvalue weighted by Gasteiger charge is 2.02. The monoisotopic (exact) mass is 352 g/mol. The second kappa shape index (κ2) is 8.40. The van der Waals surface area contributed by atoms with Gasteiger partial charge in [-0.1, -0.05) is 40.4 Å².